The largest absolute Gasteiger partial charge is 0.340 e. The highest BCUT2D eigenvalue weighted by Gasteiger charge is 2.39. The highest BCUT2D eigenvalue weighted by molar-refractivity contribution is 7.89. The molecule has 0 radical (unpaired) electrons. The molecule has 1 aliphatic carbocycles. The van der Waals surface area contributed by atoms with Crippen molar-refractivity contribution in [3.05, 3.63) is 30.3 Å². The van der Waals surface area contributed by atoms with Crippen molar-refractivity contribution >= 4 is 15.9 Å². The Balaban J connectivity index is 1.69. The number of amides is 1. The second kappa shape index (κ2) is 7.43. The highest BCUT2D eigenvalue weighted by atomic mass is 32.2. The zero-order valence-electron chi connectivity index (χ0n) is 14.6. The molecule has 1 aliphatic heterocycles. The van der Waals surface area contributed by atoms with Crippen LogP contribution < -0.4 is 5.73 Å². The molecule has 0 spiro atoms. The molecule has 1 heterocycles. The van der Waals surface area contributed by atoms with Crippen molar-refractivity contribution in [1.82, 2.24) is 9.21 Å². The van der Waals surface area contributed by atoms with Gasteiger partial charge in [0.05, 0.1) is 10.4 Å². The Hall–Kier alpha value is -1.44. The molecule has 1 aromatic carbocycles. The van der Waals surface area contributed by atoms with E-state index >= 15 is 0 Å². The molecule has 138 valence electrons. The second-order valence-electron chi connectivity index (χ2n) is 7.08. The van der Waals surface area contributed by atoms with E-state index in [1.54, 1.807) is 35.2 Å². The predicted molar refractivity (Wildman–Crippen MR) is 96.4 cm³/mol. The van der Waals surface area contributed by atoms with Gasteiger partial charge < -0.3 is 10.6 Å². The van der Waals surface area contributed by atoms with Gasteiger partial charge in [-0.1, -0.05) is 37.5 Å². The van der Waals surface area contributed by atoms with Gasteiger partial charge in [-0.2, -0.15) is 4.31 Å². The lowest BCUT2D eigenvalue weighted by Crippen LogP contribution is -2.56. The highest BCUT2D eigenvalue weighted by Crippen LogP contribution is 2.28. The molecular formula is C18H27N3O3S. The SMILES string of the molecule is NC1(C(=O)N2CCCN(S(=O)(=O)c3ccccc3)CC2)CCCCC1. The van der Waals surface area contributed by atoms with Gasteiger partial charge in [0.15, 0.2) is 0 Å². The maximum atomic E-state index is 12.9. The first kappa shape index (κ1) is 18.4. The standard InChI is InChI=1S/C18H27N3O3S/c19-18(10-5-2-6-11-18)17(22)20-12-7-13-21(15-14-20)25(23,24)16-8-3-1-4-9-16/h1,3-4,8-9H,2,5-7,10-15,19H2. The Labute approximate surface area is 150 Å². The van der Waals surface area contributed by atoms with Gasteiger partial charge in [-0.25, -0.2) is 8.42 Å². The Morgan fingerprint density at radius 3 is 2.28 bits per heavy atom. The van der Waals surface area contributed by atoms with Crippen LogP contribution in [0.5, 0.6) is 0 Å². The minimum atomic E-state index is -3.51. The van der Waals surface area contributed by atoms with E-state index in [0.29, 0.717) is 37.5 Å². The molecule has 7 heteroatoms. The van der Waals surface area contributed by atoms with E-state index < -0.39 is 15.6 Å². The van der Waals surface area contributed by atoms with Crippen LogP contribution in [0.2, 0.25) is 0 Å². The lowest BCUT2D eigenvalue weighted by atomic mass is 9.81. The third kappa shape index (κ3) is 3.88. The normalized spacial score (nSPS) is 22.4. The molecule has 1 aromatic rings. The molecule has 0 aromatic heterocycles. The first-order valence-electron chi connectivity index (χ1n) is 9.07. The summed E-state index contributed by atoms with van der Waals surface area (Å²) in [5.74, 6) is -0.00819. The van der Waals surface area contributed by atoms with Gasteiger partial charge in [-0.3, -0.25) is 4.79 Å². The summed E-state index contributed by atoms with van der Waals surface area (Å²) in [5.41, 5.74) is 5.61. The molecule has 2 aliphatic rings. The Morgan fingerprint density at radius 2 is 1.60 bits per heavy atom. The fourth-order valence-electron chi connectivity index (χ4n) is 3.79. The Bertz CT molecular complexity index is 700. The summed E-state index contributed by atoms with van der Waals surface area (Å²) in [7, 11) is -3.51. The zero-order chi connectivity index (χ0) is 17.9. The third-order valence-corrected chi connectivity index (χ3v) is 7.21. The fourth-order valence-corrected chi connectivity index (χ4v) is 5.28. The lowest BCUT2D eigenvalue weighted by Gasteiger charge is -2.36. The van der Waals surface area contributed by atoms with E-state index in [1.807, 2.05) is 0 Å². The molecule has 1 saturated heterocycles. The smallest absolute Gasteiger partial charge is 0.243 e. The average molecular weight is 365 g/mol. The summed E-state index contributed by atoms with van der Waals surface area (Å²) in [4.78, 5) is 15.0. The zero-order valence-corrected chi connectivity index (χ0v) is 15.4. The van der Waals surface area contributed by atoms with E-state index in [4.69, 9.17) is 5.73 Å². The number of sulfonamides is 1. The van der Waals surface area contributed by atoms with Crippen LogP contribution in [0.25, 0.3) is 0 Å². The molecule has 2 fully saturated rings. The van der Waals surface area contributed by atoms with E-state index in [-0.39, 0.29) is 5.91 Å². The first-order chi connectivity index (χ1) is 11.9. The molecule has 2 N–H and O–H groups in total. The van der Waals surface area contributed by atoms with Crippen molar-refractivity contribution in [2.75, 3.05) is 26.2 Å². The van der Waals surface area contributed by atoms with Gasteiger partial charge in [-0.15, -0.1) is 0 Å². The van der Waals surface area contributed by atoms with Crippen LogP contribution in [0, 0.1) is 0 Å². The third-order valence-electron chi connectivity index (χ3n) is 5.29. The number of benzene rings is 1. The molecule has 25 heavy (non-hydrogen) atoms. The number of hydrogen-bond donors (Lipinski definition) is 1. The van der Waals surface area contributed by atoms with Gasteiger partial charge in [-0.05, 0) is 31.4 Å². The maximum Gasteiger partial charge on any atom is 0.243 e. The van der Waals surface area contributed by atoms with Crippen LogP contribution in [0.4, 0.5) is 0 Å². The minimum absolute atomic E-state index is 0.00819. The molecule has 1 amide bonds. The van der Waals surface area contributed by atoms with Crippen LogP contribution in [-0.4, -0.2) is 55.2 Å². The van der Waals surface area contributed by atoms with Crippen molar-refractivity contribution in [2.45, 2.75) is 49.0 Å². The van der Waals surface area contributed by atoms with E-state index in [1.165, 1.54) is 4.31 Å². The van der Waals surface area contributed by atoms with Crippen molar-refractivity contribution < 1.29 is 13.2 Å². The number of nitrogens with two attached hydrogens (primary N) is 1. The van der Waals surface area contributed by atoms with Gasteiger partial charge in [0.1, 0.15) is 0 Å². The molecule has 0 bridgehead atoms. The van der Waals surface area contributed by atoms with Crippen LogP contribution in [-0.2, 0) is 14.8 Å². The van der Waals surface area contributed by atoms with Crippen molar-refractivity contribution in [3.63, 3.8) is 0 Å². The molecule has 3 rings (SSSR count). The Morgan fingerprint density at radius 1 is 0.920 bits per heavy atom. The number of rotatable bonds is 3. The number of nitrogens with zero attached hydrogens (tertiary/aromatic N) is 2. The summed E-state index contributed by atoms with van der Waals surface area (Å²) in [6.45, 7) is 1.72. The van der Waals surface area contributed by atoms with Gasteiger partial charge in [0.25, 0.3) is 0 Å². The number of hydrogen-bond acceptors (Lipinski definition) is 4. The lowest BCUT2D eigenvalue weighted by molar-refractivity contribution is -0.138. The van der Waals surface area contributed by atoms with Crippen molar-refractivity contribution in [2.24, 2.45) is 5.73 Å². The monoisotopic (exact) mass is 365 g/mol. The topological polar surface area (TPSA) is 83.7 Å². The summed E-state index contributed by atoms with van der Waals surface area (Å²) < 4.78 is 27.0. The second-order valence-corrected chi connectivity index (χ2v) is 9.02. The minimum Gasteiger partial charge on any atom is -0.340 e. The van der Waals surface area contributed by atoms with E-state index in [9.17, 15) is 13.2 Å². The summed E-state index contributed by atoms with van der Waals surface area (Å²) >= 11 is 0. The Kier molecular flexibility index (Phi) is 5.46. The first-order valence-corrected chi connectivity index (χ1v) is 10.5. The van der Waals surface area contributed by atoms with Crippen molar-refractivity contribution in [1.29, 1.82) is 0 Å². The maximum absolute atomic E-state index is 12.9. The number of carbonyl (C=O) groups excluding carboxylic acids is 1. The molecule has 0 unspecified atom stereocenters. The van der Waals surface area contributed by atoms with Gasteiger partial charge in [0, 0.05) is 26.2 Å². The predicted octanol–water partition coefficient (Wildman–Crippen LogP) is 1.57. The summed E-state index contributed by atoms with van der Waals surface area (Å²) in [5, 5.41) is 0. The molecule has 1 saturated carbocycles. The fraction of sp³-hybridized carbons (Fsp3) is 0.611. The molecule has 0 atom stereocenters. The van der Waals surface area contributed by atoms with Gasteiger partial charge in [0.2, 0.25) is 15.9 Å². The van der Waals surface area contributed by atoms with Gasteiger partial charge >= 0.3 is 0 Å². The van der Waals surface area contributed by atoms with Crippen LogP contribution in [0.1, 0.15) is 38.5 Å². The average Bonchev–Trinajstić information content (AvgIpc) is 2.89. The van der Waals surface area contributed by atoms with E-state index in [0.717, 1.165) is 32.1 Å². The quantitative estimate of drug-likeness (QED) is 0.881. The van der Waals surface area contributed by atoms with Crippen LogP contribution in [0.3, 0.4) is 0 Å². The van der Waals surface area contributed by atoms with Crippen LogP contribution in [0.15, 0.2) is 35.2 Å². The van der Waals surface area contributed by atoms with Crippen molar-refractivity contribution in [3.8, 4) is 0 Å². The number of carbonyl (C=O) groups is 1. The van der Waals surface area contributed by atoms with E-state index in [2.05, 4.69) is 0 Å². The molecular weight excluding hydrogens is 338 g/mol. The summed E-state index contributed by atoms with van der Waals surface area (Å²) in [6.07, 6.45) is 5.21. The molecule has 6 nitrogen and oxygen atoms in total. The summed E-state index contributed by atoms with van der Waals surface area (Å²) in [6, 6.07) is 8.47. The van der Waals surface area contributed by atoms with Crippen LogP contribution >= 0.6 is 0 Å².